The highest BCUT2D eigenvalue weighted by Gasteiger charge is 2.20. The van der Waals surface area contributed by atoms with Crippen molar-refractivity contribution < 1.29 is 14.6 Å². The average molecular weight is 258 g/mol. The van der Waals surface area contributed by atoms with Gasteiger partial charge in [-0.25, -0.2) is 4.79 Å². The van der Waals surface area contributed by atoms with Crippen molar-refractivity contribution in [1.82, 2.24) is 0 Å². The highest BCUT2D eigenvalue weighted by molar-refractivity contribution is 5.91. The average Bonchev–Trinajstić information content (AvgIpc) is 3.00. The molecule has 2 rings (SSSR count). The summed E-state index contributed by atoms with van der Waals surface area (Å²) in [5, 5.41) is 9.16. The summed E-state index contributed by atoms with van der Waals surface area (Å²) < 4.78 is 4.88. The largest absolute Gasteiger partial charge is 0.433 e. The van der Waals surface area contributed by atoms with Crippen LogP contribution >= 0.6 is 0 Å². The smallest absolute Gasteiger partial charge is 0.336 e. The van der Waals surface area contributed by atoms with Gasteiger partial charge in [0.05, 0.1) is 0 Å². The Bertz CT molecular complexity index is 496. The number of aliphatic hydroxyl groups is 1. The van der Waals surface area contributed by atoms with Gasteiger partial charge in [-0.3, -0.25) is 0 Å². The monoisotopic (exact) mass is 258 g/mol. The van der Waals surface area contributed by atoms with Crippen molar-refractivity contribution in [3.8, 4) is 0 Å². The molecule has 1 unspecified atom stereocenters. The molecule has 0 aromatic carbocycles. The maximum Gasteiger partial charge on any atom is 0.336 e. The molecule has 0 saturated heterocycles. The van der Waals surface area contributed by atoms with Gasteiger partial charge < -0.3 is 9.84 Å². The third-order valence-electron chi connectivity index (χ3n) is 3.14. The summed E-state index contributed by atoms with van der Waals surface area (Å²) in [6.07, 6.45) is 12.7. The predicted molar refractivity (Wildman–Crippen MR) is 74.2 cm³/mol. The van der Waals surface area contributed by atoms with E-state index in [1.807, 2.05) is 24.3 Å². The van der Waals surface area contributed by atoms with E-state index in [1.165, 1.54) is 6.92 Å². The van der Waals surface area contributed by atoms with Gasteiger partial charge in [0.25, 0.3) is 0 Å². The van der Waals surface area contributed by atoms with Crippen molar-refractivity contribution in [2.45, 2.75) is 33.0 Å². The Balaban J connectivity index is 2.33. The first-order chi connectivity index (χ1) is 9.09. The fraction of sp³-hybridized carbons (Fsp3) is 0.312. The van der Waals surface area contributed by atoms with Gasteiger partial charge in [0.15, 0.2) is 6.29 Å². The molecule has 0 saturated carbocycles. The number of allylic oxidation sites excluding steroid dienone is 9. The van der Waals surface area contributed by atoms with E-state index in [2.05, 4.69) is 12.2 Å². The van der Waals surface area contributed by atoms with Crippen LogP contribution in [0.2, 0.25) is 0 Å². The SMILES string of the molecule is CC(C(=O)OC(C)O)=C(C1=CC=CC1)C1=CC=CC1. The van der Waals surface area contributed by atoms with Crippen LogP contribution < -0.4 is 0 Å². The van der Waals surface area contributed by atoms with E-state index in [9.17, 15) is 4.79 Å². The zero-order valence-electron chi connectivity index (χ0n) is 11.2. The van der Waals surface area contributed by atoms with E-state index in [-0.39, 0.29) is 0 Å². The Labute approximate surface area is 113 Å². The first-order valence-corrected chi connectivity index (χ1v) is 6.41. The second-order valence-corrected chi connectivity index (χ2v) is 4.65. The molecule has 0 radical (unpaired) electrons. The standard InChI is InChI=1S/C16H18O3/c1-11(16(18)19-12(2)17)15(13-7-3-4-8-13)14-9-5-6-10-14/h3-7,9,12,17H,8,10H2,1-2H3. The predicted octanol–water partition coefficient (Wildman–Crippen LogP) is 2.96. The molecular weight excluding hydrogens is 240 g/mol. The fourth-order valence-electron chi connectivity index (χ4n) is 2.30. The Morgan fingerprint density at radius 1 is 1.21 bits per heavy atom. The van der Waals surface area contributed by atoms with Crippen molar-refractivity contribution >= 4 is 5.97 Å². The molecule has 0 aliphatic heterocycles. The van der Waals surface area contributed by atoms with E-state index >= 15 is 0 Å². The van der Waals surface area contributed by atoms with Crippen LogP contribution in [0, 0.1) is 0 Å². The van der Waals surface area contributed by atoms with Gasteiger partial charge in [0.1, 0.15) is 0 Å². The molecule has 0 amide bonds. The van der Waals surface area contributed by atoms with Crippen LogP contribution in [-0.2, 0) is 9.53 Å². The quantitative estimate of drug-likeness (QED) is 0.479. The first-order valence-electron chi connectivity index (χ1n) is 6.41. The molecule has 1 N–H and O–H groups in total. The summed E-state index contributed by atoms with van der Waals surface area (Å²) in [4.78, 5) is 12.0. The Hall–Kier alpha value is -1.87. The fourth-order valence-corrected chi connectivity index (χ4v) is 2.30. The third kappa shape index (κ3) is 3.12. The molecule has 0 bridgehead atoms. The van der Waals surface area contributed by atoms with Gasteiger partial charge in [0, 0.05) is 5.57 Å². The second kappa shape index (κ2) is 5.85. The van der Waals surface area contributed by atoms with Crippen molar-refractivity contribution in [1.29, 1.82) is 0 Å². The molecule has 0 fully saturated rings. The van der Waals surface area contributed by atoms with Gasteiger partial charge >= 0.3 is 5.97 Å². The van der Waals surface area contributed by atoms with E-state index in [1.54, 1.807) is 6.92 Å². The van der Waals surface area contributed by atoms with E-state index < -0.39 is 12.3 Å². The number of carbonyl (C=O) groups excluding carboxylic acids is 1. The van der Waals surface area contributed by atoms with Gasteiger partial charge in [-0.15, -0.1) is 0 Å². The van der Waals surface area contributed by atoms with Crippen LogP contribution in [0.15, 0.2) is 58.7 Å². The normalized spacial score (nSPS) is 18.1. The molecular formula is C16H18O3. The third-order valence-corrected chi connectivity index (χ3v) is 3.14. The summed E-state index contributed by atoms with van der Waals surface area (Å²) in [5.74, 6) is -0.467. The molecule has 100 valence electrons. The molecule has 2 aliphatic carbocycles. The molecule has 2 aliphatic rings. The summed E-state index contributed by atoms with van der Waals surface area (Å²) >= 11 is 0. The molecule has 0 spiro atoms. The number of ether oxygens (including phenoxy) is 1. The molecule has 3 nitrogen and oxygen atoms in total. The van der Waals surface area contributed by atoms with E-state index in [4.69, 9.17) is 9.84 Å². The number of hydrogen-bond acceptors (Lipinski definition) is 3. The summed E-state index contributed by atoms with van der Waals surface area (Å²) in [6, 6.07) is 0. The first kappa shape index (κ1) is 13.6. The lowest BCUT2D eigenvalue weighted by atomic mass is 9.92. The van der Waals surface area contributed by atoms with Crippen LogP contribution in [0.5, 0.6) is 0 Å². The van der Waals surface area contributed by atoms with Crippen molar-refractivity contribution in [3.05, 3.63) is 58.7 Å². The van der Waals surface area contributed by atoms with Gasteiger partial charge in [-0.05, 0) is 43.4 Å². The Morgan fingerprint density at radius 2 is 1.74 bits per heavy atom. The lowest BCUT2D eigenvalue weighted by Crippen LogP contribution is -2.16. The zero-order valence-corrected chi connectivity index (χ0v) is 11.2. The number of aliphatic hydroxyl groups excluding tert-OH is 1. The van der Waals surface area contributed by atoms with Crippen LogP contribution in [0.1, 0.15) is 26.7 Å². The maximum atomic E-state index is 12.0. The van der Waals surface area contributed by atoms with Gasteiger partial charge in [-0.2, -0.15) is 0 Å². The number of hydrogen-bond donors (Lipinski definition) is 1. The molecule has 0 aromatic heterocycles. The molecule has 3 heteroatoms. The van der Waals surface area contributed by atoms with Crippen LogP contribution in [0.25, 0.3) is 0 Å². The minimum atomic E-state index is -1.09. The summed E-state index contributed by atoms with van der Waals surface area (Å²) in [5.41, 5.74) is 3.73. The minimum absolute atomic E-state index is 0.467. The van der Waals surface area contributed by atoms with Gasteiger partial charge in [0.2, 0.25) is 0 Å². The maximum absolute atomic E-state index is 12.0. The lowest BCUT2D eigenvalue weighted by Gasteiger charge is -2.15. The van der Waals surface area contributed by atoms with E-state index in [0.717, 1.165) is 29.6 Å². The van der Waals surface area contributed by atoms with Crippen LogP contribution in [-0.4, -0.2) is 17.4 Å². The minimum Gasteiger partial charge on any atom is -0.433 e. The van der Waals surface area contributed by atoms with Crippen molar-refractivity contribution in [2.75, 3.05) is 0 Å². The molecule has 1 atom stereocenters. The molecule has 0 heterocycles. The van der Waals surface area contributed by atoms with Crippen molar-refractivity contribution in [2.24, 2.45) is 0 Å². The zero-order chi connectivity index (χ0) is 13.8. The van der Waals surface area contributed by atoms with E-state index in [0.29, 0.717) is 5.57 Å². The van der Waals surface area contributed by atoms with Crippen molar-refractivity contribution in [3.63, 3.8) is 0 Å². The second-order valence-electron chi connectivity index (χ2n) is 4.65. The van der Waals surface area contributed by atoms with Crippen LogP contribution in [0.3, 0.4) is 0 Å². The number of carbonyl (C=O) groups is 1. The van der Waals surface area contributed by atoms with Gasteiger partial charge in [-0.1, -0.05) is 36.5 Å². The molecule has 19 heavy (non-hydrogen) atoms. The lowest BCUT2D eigenvalue weighted by molar-refractivity contribution is -0.159. The highest BCUT2D eigenvalue weighted by Crippen LogP contribution is 2.33. The summed E-state index contributed by atoms with van der Waals surface area (Å²) in [7, 11) is 0. The Morgan fingerprint density at radius 3 is 2.11 bits per heavy atom. The molecule has 0 aromatic rings. The highest BCUT2D eigenvalue weighted by atomic mass is 16.6. The number of esters is 1. The topological polar surface area (TPSA) is 46.5 Å². The summed E-state index contributed by atoms with van der Waals surface area (Å²) in [6.45, 7) is 3.18. The number of rotatable bonds is 4. The Kier molecular flexibility index (Phi) is 4.17. The van der Waals surface area contributed by atoms with Crippen LogP contribution in [0.4, 0.5) is 0 Å².